The van der Waals surface area contributed by atoms with Crippen LogP contribution in [0, 0.1) is 5.82 Å². The molecule has 2 N–H and O–H groups in total. The summed E-state index contributed by atoms with van der Waals surface area (Å²) < 4.78 is 25.0. The second-order valence-electron chi connectivity index (χ2n) is 6.95. The molecule has 4 rings (SSSR count). The van der Waals surface area contributed by atoms with Gasteiger partial charge in [-0.05, 0) is 65.2 Å². The number of carbonyl (C=O) groups is 1. The topological polar surface area (TPSA) is 106 Å². The lowest BCUT2D eigenvalue weighted by Gasteiger charge is -2.12. The Morgan fingerprint density at radius 1 is 1.18 bits per heavy atom. The van der Waals surface area contributed by atoms with Gasteiger partial charge in [-0.25, -0.2) is 10.4 Å². The van der Waals surface area contributed by atoms with E-state index in [-0.39, 0.29) is 28.2 Å². The summed E-state index contributed by atoms with van der Waals surface area (Å²) in [6, 6.07) is 15.3. The molecule has 3 aromatic carbocycles. The molecule has 0 aliphatic rings. The van der Waals surface area contributed by atoms with Gasteiger partial charge in [0.1, 0.15) is 5.75 Å². The molecule has 0 saturated carbocycles. The Kier molecular flexibility index (Phi) is 6.84. The first-order valence-electron chi connectivity index (χ1n) is 10.1. The quantitative estimate of drug-likeness (QED) is 0.217. The van der Waals surface area contributed by atoms with Crippen molar-refractivity contribution in [3.63, 3.8) is 0 Å². The molecule has 0 atom stereocenters. The highest BCUT2D eigenvalue weighted by Gasteiger charge is 2.14. The number of hydrogen-bond donors (Lipinski definition) is 2. The van der Waals surface area contributed by atoms with Crippen LogP contribution in [0.2, 0.25) is 5.28 Å². The van der Waals surface area contributed by atoms with Gasteiger partial charge in [-0.1, -0.05) is 24.3 Å². The van der Waals surface area contributed by atoms with Crippen LogP contribution < -0.4 is 14.9 Å². The number of nitrogens with zero attached hydrogens (tertiary/aromatic N) is 3. The number of benzene rings is 3. The number of carbonyl (C=O) groups excluding carboxylic acids is 1. The normalized spacial score (nSPS) is 11.0. The Labute approximate surface area is 198 Å². The number of halogens is 2. The van der Waals surface area contributed by atoms with Gasteiger partial charge in [0.25, 0.3) is 11.8 Å². The summed E-state index contributed by atoms with van der Waals surface area (Å²) in [5.74, 6) is -1.33. The van der Waals surface area contributed by atoms with E-state index in [2.05, 4.69) is 20.5 Å². The summed E-state index contributed by atoms with van der Waals surface area (Å²) in [7, 11) is 0. The molecule has 4 aromatic rings. The average molecular weight is 481 g/mol. The van der Waals surface area contributed by atoms with Crippen molar-refractivity contribution in [2.75, 3.05) is 6.61 Å². The molecular weight excluding hydrogens is 463 g/mol. The number of amides is 1. The molecule has 0 fully saturated rings. The van der Waals surface area contributed by atoms with Crippen molar-refractivity contribution in [1.29, 1.82) is 0 Å². The average Bonchev–Trinajstić information content (AvgIpc) is 2.82. The van der Waals surface area contributed by atoms with Crippen LogP contribution in [0.4, 0.5) is 4.39 Å². The number of phenolic OH excluding ortho intramolecular Hbond substituents is 1. The molecule has 1 heterocycles. The van der Waals surface area contributed by atoms with Gasteiger partial charge in [0.2, 0.25) is 11.1 Å². The summed E-state index contributed by atoms with van der Waals surface area (Å²) in [6.07, 6.45) is 2.30. The van der Waals surface area contributed by atoms with Crippen LogP contribution in [0.3, 0.4) is 0 Å². The Bertz CT molecular complexity index is 1400. The van der Waals surface area contributed by atoms with Crippen LogP contribution in [-0.4, -0.2) is 33.8 Å². The molecule has 0 aliphatic heterocycles. The van der Waals surface area contributed by atoms with E-state index >= 15 is 0 Å². The van der Waals surface area contributed by atoms with Gasteiger partial charge in [0, 0.05) is 0 Å². The molecule has 0 aliphatic carbocycles. The van der Waals surface area contributed by atoms with Crippen LogP contribution >= 0.6 is 11.6 Å². The number of aromatic nitrogens is 2. The number of rotatable bonds is 7. The molecule has 1 amide bonds. The van der Waals surface area contributed by atoms with Crippen molar-refractivity contribution in [3.05, 3.63) is 83.0 Å². The van der Waals surface area contributed by atoms with Gasteiger partial charge in [0.15, 0.2) is 11.5 Å². The third kappa shape index (κ3) is 5.21. The standard InChI is InChI=1S/C24H18ClFN4O4/c1-2-33-21-9-14(7-8-20(21)34-23-18(26)13-27-24(25)29-23)12-28-30-22(32)17-10-15-5-3-4-6-16(15)11-19(17)31/h3-13,31H,2H2,1H3,(H,30,32)/b28-12-. The van der Waals surface area contributed by atoms with Crippen LogP contribution in [0.5, 0.6) is 23.1 Å². The van der Waals surface area contributed by atoms with Gasteiger partial charge in [0.05, 0.1) is 24.6 Å². The zero-order valence-electron chi connectivity index (χ0n) is 17.8. The summed E-state index contributed by atoms with van der Waals surface area (Å²) in [4.78, 5) is 19.8. The smallest absolute Gasteiger partial charge is 0.275 e. The molecule has 0 bridgehead atoms. The van der Waals surface area contributed by atoms with Crippen molar-refractivity contribution in [3.8, 4) is 23.1 Å². The first kappa shape index (κ1) is 22.9. The summed E-state index contributed by atoms with van der Waals surface area (Å²) in [5, 5.41) is 15.6. The third-order valence-electron chi connectivity index (χ3n) is 4.65. The fourth-order valence-corrected chi connectivity index (χ4v) is 3.23. The Morgan fingerprint density at radius 3 is 2.71 bits per heavy atom. The van der Waals surface area contributed by atoms with Crippen molar-refractivity contribution >= 4 is 34.5 Å². The van der Waals surface area contributed by atoms with Crippen LogP contribution in [0.25, 0.3) is 10.8 Å². The van der Waals surface area contributed by atoms with Crippen molar-refractivity contribution in [1.82, 2.24) is 15.4 Å². The van der Waals surface area contributed by atoms with Crippen LogP contribution in [0.15, 0.2) is 65.9 Å². The molecule has 34 heavy (non-hydrogen) atoms. The lowest BCUT2D eigenvalue weighted by Crippen LogP contribution is -2.17. The number of phenols is 1. The van der Waals surface area contributed by atoms with E-state index in [0.29, 0.717) is 17.9 Å². The van der Waals surface area contributed by atoms with Crippen LogP contribution in [0.1, 0.15) is 22.8 Å². The number of hydrazone groups is 1. The number of ether oxygens (including phenoxy) is 2. The minimum atomic E-state index is -0.780. The maximum atomic E-state index is 13.9. The molecule has 0 spiro atoms. The monoisotopic (exact) mass is 480 g/mol. The van der Waals surface area contributed by atoms with Crippen molar-refractivity contribution < 1.29 is 23.8 Å². The van der Waals surface area contributed by atoms with E-state index in [1.807, 2.05) is 24.3 Å². The van der Waals surface area contributed by atoms with Crippen molar-refractivity contribution in [2.24, 2.45) is 5.10 Å². The van der Waals surface area contributed by atoms with Gasteiger partial charge in [-0.15, -0.1) is 0 Å². The van der Waals surface area contributed by atoms with Gasteiger partial charge in [-0.2, -0.15) is 14.5 Å². The predicted octanol–water partition coefficient (Wildman–Crippen LogP) is 5.08. The fourth-order valence-electron chi connectivity index (χ4n) is 3.10. The molecule has 10 heteroatoms. The lowest BCUT2D eigenvalue weighted by molar-refractivity contribution is 0.0952. The van der Waals surface area contributed by atoms with Gasteiger partial charge >= 0.3 is 0 Å². The first-order valence-corrected chi connectivity index (χ1v) is 10.5. The molecule has 1 aromatic heterocycles. The Balaban J connectivity index is 1.50. The maximum Gasteiger partial charge on any atom is 0.275 e. The zero-order chi connectivity index (χ0) is 24.1. The summed E-state index contributed by atoms with van der Waals surface area (Å²) in [5.41, 5.74) is 3.06. The lowest BCUT2D eigenvalue weighted by atomic mass is 10.1. The van der Waals surface area contributed by atoms with E-state index in [1.54, 1.807) is 31.2 Å². The van der Waals surface area contributed by atoms with E-state index in [9.17, 15) is 14.3 Å². The van der Waals surface area contributed by atoms with E-state index < -0.39 is 11.7 Å². The number of fused-ring (bicyclic) bond motifs is 1. The van der Waals surface area contributed by atoms with E-state index in [4.69, 9.17) is 21.1 Å². The molecule has 0 unspecified atom stereocenters. The molecule has 0 radical (unpaired) electrons. The highest BCUT2D eigenvalue weighted by Crippen LogP contribution is 2.33. The molecule has 8 nitrogen and oxygen atoms in total. The minimum Gasteiger partial charge on any atom is -0.507 e. The van der Waals surface area contributed by atoms with Crippen molar-refractivity contribution in [2.45, 2.75) is 6.92 Å². The molecular formula is C24H18ClFN4O4. The predicted molar refractivity (Wildman–Crippen MR) is 125 cm³/mol. The number of nitrogens with one attached hydrogen (secondary N) is 1. The fraction of sp³-hybridized carbons (Fsp3) is 0.0833. The van der Waals surface area contributed by atoms with Crippen LogP contribution in [-0.2, 0) is 0 Å². The Hall–Kier alpha value is -4.24. The second kappa shape index (κ2) is 10.1. The third-order valence-corrected chi connectivity index (χ3v) is 4.83. The SMILES string of the molecule is CCOc1cc(/C=N\NC(=O)c2cc3ccccc3cc2O)ccc1Oc1nc(Cl)ncc1F. The number of hydrogen-bond acceptors (Lipinski definition) is 7. The highest BCUT2D eigenvalue weighted by molar-refractivity contribution is 6.28. The minimum absolute atomic E-state index is 0.0974. The second-order valence-corrected chi connectivity index (χ2v) is 7.29. The van der Waals surface area contributed by atoms with Gasteiger partial charge in [-0.3, -0.25) is 4.79 Å². The summed E-state index contributed by atoms with van der Waals surface area (Å²) in [6.45, 7) is 2.10. The Morgan fingerprint density at radius 2 is 1.94 bits per heavy atom. The zero-order valence-corrected chi connectivity index (χ0v) is 18.6. The largest absolute Gasteiger partial charge is 0.507 e. The molecule has 0 saturated heterocycles. The number of aromatic hydroxyl groups is 1. The first-order chi connectivity index (χ1) is 16.4. The van der Waals surface area contributed by atoms with E-state index in [1.165, 1.54) is 12.3 Å². The van der Waals surface area contributed by atoms with Gasteiger partial charge < -0.3 is 14.6 Å². The van der Waals surface area contributed by atoms with E-state index in [0.717, 1.165) is 17.0 Å². The molecule has 172 valence electrons. The summed E-state index contributed by atoms with van der Waals surface area (Å²) >= 11 is 5.71. The maximum absolute atomic E-state index is 13.9. The highest BCUT2D eigenvalue weighted by atomic mass is 35.5.